The number of nitriles is 1. The molecule has 0 aromatic carbocycles. The molecule has 0 spiro atoms. The quantitative estimate of drug-likeness (QED) is 0.456. The van der Waals surface area contributed by atoms with Crippen LogP contribution in [0.25, 0.3) is 0 Å². The van der Waals surface area contributed by atoms with E-state index >= 15 is 0 Å². The summed E-state index contributed by atoms with van der Waals surface area (Å²) in [6.45, 7) is 3.86. The van der Waals surface area contributed by atoms with Gasteiger partial charge in [0.1, 0.15) is 11.6 Å². The fraction of sp³-hybridized carbons (Fsp3) is 0.556. The van der Waals surface area contributed by atoms with Crippen LogP contribution in [0.3, 0.4) is 0 Å². The van der Waals surface area contributed by atoms with Crippen LogP contribution in [0.2, 0.25) is 0 Å². The molecule has 0 unspecified atom stereocenters. The number of carbonyl (C=O) groups excluding carboxylic acids is 1. The predicted molar refractivity (Wildman–Crippen MR) is 47.2 cm³/mol. The Labute approximate surface area is 73.3 Å². The molecule has 12 heavy (non-hydrogen) atoms. The van der Waals surface area contributed by atoms with Crippen molar-refractivity contribution in [1.82, 2.24) is 4.90 Å². The van der Waals surface area contributed by atoms with Crippen molar-refractivity contribution in [1.29, 1.82) is 5.26 Å². The number of amides is 1. The molecule has 66 valence electrons. The third-order valence-electron chi connectivity index (χ3n) is 1.26. The van der Waals surface area contributed by atoms with Gasteiger partial charge in [0, 0.05) is 14.1 Å². The van der Waals surface area contributed by atoms with Crippen molar-refractivity contribution in [2.75, 3.05) is 14.1 Å². The summed E-state index contributed by atoms with van der Waals surface area (Å²) in [7, 11) is 3.27. The van der Waals surface area contributed by atoms with Gasteiger partial charge in [-0.15, -0.1) is 0 Å². The van der Waals surface area contributed by atoms with E-state index in [4.69, 9.17) is 5.26 Å². The van der Waals surface area contributed by atoms with Crippen molar-refractivity contribution in [3.05, 3.63) is 11.6 Å². The molecule has 0 aliphatic rings. The molecule has 0 rings (SSSR count). The number of hydrogen-bond donors (Lipinski definition) is 0. The van der Waals surface area contributed by atoms with Crippen LogP contribution in [0, 0.1) is 17.2 Å². The van der Waals surface area contributed by atoms with Crippen molar-refractivity contribution in [2.45, 2.75) is 13.8 Å². The van der Waals surface area contributed by atoms with Gasteiger partial charge < -0.3 is 4.90 Å². The molecule has 0 fully saturated rings. The fourth-order valence-electron chi connectivity index (χ4n) is 0.731. The first-order valence-corrected chi connectivity index (χ1v) is 3.82. The van der Waals surface area contributed by atoms with Crippen LogP contribution < -0.4 is 0 Å². The zero-order chi connectivity index (χ0) is 9.72. The van der Waals surface area contributed by atoms with E-state index in [0.29, 0.717) is 0 Å². The molecule has 0 N–H and O–H groups in total. The first kappa shape index (κ1) is 10.7. The van der Waals surface area contributed by atoms with Crippen LogP contribution in [0.15, 0.2) is 11.6 Å². The van der Waals surface area contributed by atoms with E-state index in [1.807, 2.05) is 19.9 Å². The van der Waals surface area contributed by atoms with Crippen LogP contribution in [0.4, 0.5) is 0 Å². The van der Waals surface area contributed by atoms with Crippen molar-refractivity contribution in [2.24, 2.45) is 5.92 Å². The first-order chi connectivity index (χ1) is 5.49. The largest absolute Gasteiger partial charge is 0.344 e. The summed E-state index contributed by atoms with van der Waals surface area (Å²) in [5.41, 5.74) is 0.218. The maximum absolute atomic E-state index is 11.2. The zero-order valence-corrected chi connectivity index (χ0v) is 7.96. The van der Waals surface area contributed by atoms with Gasteiger partial charge in [-0.05, 0) is 5.92 Å². The van der Waals surface area contributed by atoms with E-state index in [0.717, 1.165) is 0 Å². The molecule has 0 bridgehead atoms. The van der Waals surface area contributed by atoms with Crippen molar-refractivity contribution < 1.29 is 4.79 Å². The van der Waals surface area contributed by atoms with E-state index in [1.165, 1.54) is 4.90 Å². The third-order valence-corrected chi connectivity index (χ3v) is 1.26. The maximum Gasteiger partial charge on any atom is 0.263 e. The molecule has 0 aromatic heterocycles. The summed E-state index contributed by atoms with van der Waals surface area (Å²) in [5.74, 6) is -0.00486. The standard InChI is InChI=1S/C9H14N2O/c1-7(2)5-8(6-10)9(12)11(3)4/h5,7H,1-4H3/b8-5+. The number of rotatable bonds is 2. The lowest BCUT2D eigenvalue weighted by molar-refractivity contribution is -0.124. The predicted octanol–water partition coefficient (Wildman–Crippen LogP) is 1.18. The monoisotopic (exact) mass is 166 g/mol. The minimum absolute atomic E-state index is 0.218. The highest BCUT2D eigenvalue weighted by atomic mass is 16.2. The van der Waals surface area contributed by atoms with Gasteiger partial charge in [0.15, 0.2) is 0 Å². The molecule has 0 aliphatic carbocycles. The molecular formula is C9H14N2O. The summed E-state index contributed by atoms with van der Waals surface area (Å²) in [6, 6.07) is 1.88. The second kappa shape index (κ2) is 4.55. The average Bonchev–Trinajstić information content (AvgIpc) is 1.98. The number of carbonyl (C=O) groups is 1. The van der Waals surface area contributed by atoms with Crippen LogP contribution in [0.1, 0.15) is 13.8 Å². The molecule has 0 aliphatic heterocycles. The van der Waals surface area contributed by atoms with Crippen LogP contribution in [0.5, 0.6) is 0 Å². The van der Waals surface area contributed by atoms with E-state index < -0.39 is 0 Å². The topological polar surface area (TPSA) is 44.1 Å². The highest BCUT2D eigenvalue weighted by Crippen LogP contribution is 2.03. The van der Waals surface area contributed by atoms with E-state index in [1.54, 1.807) is 20.2 Å². The Kier molecular flexibility index (Phi) is 4.06. The van der Waals surface area contributed by atoms with Crippen LogP contribution >= 0.6 is 0 Å². The molecule has 1 amide bonds. The molecule has 0 heterocycles. The number of nitrogens with zero attached hydrogens (tertiary/aromatic N) is 2. The Morgan fingerprint density at radius 1 is 1.50 bits per heavy atom. The van der Waals surface area contributed by atoms with Crippen molar-refractivity contribution in [3.63, 3.8) is 0 Å². The van der Waals surface area contributed by atoms with Crippen LogP contribution in [-0.4, -0.2) is 24.9 Å². The highest BCUT2D eigenvalue weighted by molar-refractivity contribution is 5.96. The summed E-state index contributed by atoms with van der Waals surface area (Å²) >= 11 is 0. The normalized spacial score (nSPS) is 11.2. The van der Waals surface area contributed by atoms with Gasteiger partial charge in [-0.3, -0.25) is 4.79 Å². The second-order valence-electron chi connectivity index (χ2n) is 3.14. The van der Waals surface area contributed by atoms with Gasteiger partial charge in [-0.25, -0.2) is 0 Å². The smallest absolute Gasteiger partial charge is 0.263 e. The van der Waals surface area contributed by atoms with Gasteiger partial charge in [-0.1, -0.05) is 19.9 Å². The zero-order valence-electron chi connectivity index (χ0n) is 7.96. The average molecular weight is 166 g/mol. The summed E-state index contributed by atoms with van der Waals surface area (Å²) in [5, 5.41) is 8.63. The van der Waals surface area contributed by atoms with Crippen molar-refractivity contribution in [3.8, 4) is 6.07 Å². The Morgan fingerprint density at radius 2 is 2.00 bits per heavy atom. The molecule has 0 aromatic rings. The molecule has 0 saturated heterocycles. The lowest BCUT2D eigenvalue weighted by Crippen LogP contribution is -2.23. The summed E-state index contributed by atoms with van der Waals surface area (Å²) in [4.78, 5) is 12.6. The molecule has 0 saturated carbocycles. The Balaban J connectivity index is 4.60. The Hall–Kier alpha value is -1.30. The summed E-state index contributed by atoms with van der Waals surface area (Å²) in [6.07, 6.45) is 1.67. The lowest BCUT2D eigenvalue weighted by Gasteiger charge is -2.08. The second-order valence-corrected chi connectivity index (χ2v) is 3.14. The first-order valence-electron chi connectivity index (χ1n) is 3.82. The lowest BCUT2D eigenvalue weighted by atomic mass is 10.1. The third kappa shape index (κ3) is 3.20. The minimum Gasteiger partial charge on any atom is -0.344 e. The number of likely N-dealkylation sites (N-methyl/N-ethyl adjacent to an activating group) is 1. The minimum atomic E-state index is -0.230. The molecule has 3 nitrogen and oxygen atoms in total. The van der Waals surface area contributed by atoms with Gasteiger partial charge in [0.2, 0.25) is 0 Å². The summed E-state index contributed by atoms with van der Waals surface area (Å²) < 4.78 is 0. The highest BCUT2D eigenvalue weighted by Gasteiger charge is 2.10. The van der Waals surface area contributed by atoms with Crippen molar-refractivity contribution >= 4 is 5.91 Å². The van der Waals surface area contributed by atoms with Gasteiger partial charge in [0.25, 0.3) is 5.91 Å². The van der Waals surface area contributed by atoms with E-state index in [2.05, 4.69) is 0 Å². The maximum atomic E-state index is 11.2. The van der Waals surface area contributed by atoms with E-state index in [9.17, 15) is 4.79 Å². The number of hydrogen-bond acceptors (Lipinski definition) is 2. The Bertz CT molecular complexity index is 233. The van der Waals surface area contributed by atoms with Gasteiger partial charge in [-0.2, -0.15) is 5.26 Å². The molecule has 0 radical (unpaired) electrons. The van der Waals surface area contributed by atoms with Gasteiger partial charge >= 0.3 is 0 Å². The van der Waals surface area contributed by atoms with Crippen LogP contribution in [-0.2, 0) is 4.79 Å². The number of allylic oxidation sites excluding steroid dienone is 1. The molecule has 0 atom stereocenters. The van der Waals surface area contributed by atoms with E-state index in [-0.39, 0.29) is 17.4 Å². The Morgan fingerprint density at radius 3 is 2.25 bits per heavy atom. The molecular weight excluding hydrogens is 152 g/mol. The van der Waals surface area contributed by atoms with Gasteiger partial charge in [0.05, 0.1) is 0 Å². The SMILES string of the molecule is CC(C)/C=C(\C#N)C(=O)N(C)C. The fourth-order valence-corrected chi connectivity index (χ4v) is 0.731. The molecule has 3 heteroatoms.